The number of aliphatic carboxylic acids is 1. The average Bonchev–Trinajstić information content (AvgIpc) is 2.03. The molecule has 1 aromatic heterocycles. The molecule has 5 heteroatoms. The van der Waals surface area contributed by atoms with Crippen LogP contribution < -0.4 is 11.5 Å². The van der Waals surface area contributed by atoms with Crippen LogP contribution in [0, 0.1) is 0 Å². The fourth-order valence-electron chi connectivity index (χ4n) is 1.03. The zero-order chi connectivity index (χ0) is 9.84. The molecular formula is C8H11N3O2. The van der Waals surface area contributed by atoms with E-state index in [-0.39, 0.29) is 6.42 Å². The van der Waals surface area contributed by atoms with E-state index in [1.54, 1.807) is 6.07 Å². The number of carbonyl (C=O) groups is 1. The van der Waals surface area contributed by atoms with E-state index in [0.29, 0.717) is 11.3 Å². The minimum atomic E-state index is -0.948. The Balaban J connectivity index is 2.82. The van der Waals surface area contributed by atoms with Crippen molar-refractivity contribution in [2.24, 2.45) is 5.73 Å². The summed E-state index contributed by atoms with van der Waals surface area (Å²) < 4.78 is 0. The molecule has 0 amide bonds. The van der Waals surface area contributed by atoms with E-state index in [1.807, 2.05) is 0 Å². The second-order valence-corrected chi connectivity index (χ2v) is 2.71. The summed E-state index contributed by atoms with van der Waals surface area (Å²) in [7, 11) is 0. The van der Waals surface area contributed by atoms with Gasteiger partial charge in [-0.1, -0.05) is 0 Å². The smallest absolute Gasteiger partial charge is 0.305 e. The van der Waals surface area contributed by atoms with Crippen LogP contribution in [0.5, 0.6) is 0 Å². The normalized spacial score (nSPS) is 12.4. The maximum absolute atomic E-state index is 10.4. The van der Waals surface area contributed by atoms with Crippen molar-refractivity contribution < 1.29 is 9.90 Å². The lowest BCUT2D eigenvalue weighted by Gasteiger charge is -2.10. The number of nitrogens with two attached hydrogens (primary N) is 2. The lowest BCUT2D eigenvalue weighted by molar-refractivity contribution is -0.137. The number of anilines is 1. The minimum Gasteiger partial charge on any atom is -0.481 e. The molecule has 13 heavy (non-hydrogen) atoms. The van der Waals surface area contributed by atoms with Gasteiger partial charge in [-0.25, -0.2) is 0 Å². The SMILES string of the molecule is Nc1ccncc1C(N)CC(=O)O. The van der Waals surface area contributed by atoms with E-state index in [9.17, 15) is 4.79 Å². The third-order valence-electron chi connectivity index (χ3n) is 1.68. The Morgan fingerprint density at radius 1 is 1.69 bits per heavy atom. The van der Waals surface area contributed by atoms with E-state index >= 15 is 0 Å². The van der Waals surface area contributed by atoms with E-state index in [2.05, 4.69) is 4.98 Å². The van der Waals surface area contributed by atoms with Gasteiger partial charge in [0.1, 0.15) is 0 Å². The molecule has 5 N–H and O–H groups in total. The molecule has 0 saturated carbocycles. The Morgan fingerprint density at radius 3 is 2.92 bits per heavy atom. The van der Waals surface area contributed by atoms with Crippen LogP contribution in [0.15, 0.2) is 18.5 Å². The van der Waals surface area contributed by atoms with Gasteiger partial charge in [-0.2, -0.15) is 0 Å². The molecule has 0 bridgehead atoms. The van der Waals surface area contributed by atoms with Crippen molar-refractivity contribution in [3.05, 3.63) is 24.0 Å². The maximum atomic E-state index is 10.4. The van der Waals surface area contributed by atoms with Gasteiger partial charge in [0.05, 0.1) is 6.42 Å². The van der Waals surface area contributed by atoms with Gasteiger partial charge < -0.3 is 16.6 Å². The standard InChI is InChI=1S/C8H11N3O2/c9-6-1-2-11-4-5(6)7(10)3-8(12)13/h1-2,4,7H,3,10H2,(H2,9,11)(H,12,13). The van der Waals surface area contributed by atoms with Gasteiger partial charge in [-0.15, -0.1) is 0 Å². The van der Waals surface area contributed by atoms with Gasteiger partial charge in [0, 0.05) is 29.7 Å². The van der Waals surface area contributed by atoms with Crippen molar-refractivity contribution in [2.45, 2.75) is 12.5 Å². The van der Waals surface area contributed by atoms with Crippen molar-refractivity contribution >= 4 is 11.7 Å². The number of aromatic nitrogens is 1. The van der Waals surface area contributed by atoms with Crippen LogP contribution in [-0.2, 0) is 4.79 Å². The summed E-state index contributed by atoms with van der Waals surface area (Å²) in [6.07, 6.45) is 2.88. The summed E-state index contributed by atoms with van der Waals surface area (Å²) >= 11 is 0. The fourth-order valence-corrected chi connectivity index (χ4v) is 1.03. The van der Waals surface area contributed by atoms with E-state index in [4.69, 9.17) is 16.6 Å². The molecule has 0 aliphatic rings. The summed E-state index contributed by atoms with van der Waals surface area (Å²) in [6.45, 7) is 0. The highest BCUT2D eigenvalue weighted by molar-refractivity contribution is 5.68. The largest absolute Gasteiger partial charge is 0.481 e. The van der Waals surface area contributed by atoms with Crippen molar-refractivity contribution in [3.8, 4) is 0 Å². The predicted octanol–water partition coefficient (Wildman–Crippen LogP) is 0.138. The number of carboxylic acids is 1. The number of nitrogens with zero attached hydrogens (tertiary/aromatic N) is 1. The molecule has 0 aliphatic heterocycles. The van der Waals surface area contributed by atoms with Crippen molar-refractivity contribution in [1.29, 1.82) is 0 Å². The molecule has 1 rings (SSSR count). The summed E-state index contributed by atoms with van der Waals surface area (Å²) in [5.74, 6) is -0.948. The molecule has 5 nitrogen and oxygen atoms in total. The number of hydrogen-bond donors (Lipinski definition) is 3. The topological polar surface area (TPSA) is 102 Å². The molecule has 0 saturated heterocycles. The summed E-state index contributed by atoms with van der Waals surface area (Å²) in [5, 5.41) is 8.49. The van der Waals surface area contributed by atoms with Gasteiger partial charge in [0.25, 0.3) is 0 Å². The summed E-state index contributed by atoms with van der Waals surface area (Å²) in [5.41, 5.74) is 12.2. The average molecular weight is 181 g/mol. The zero-order valence-corrected chi connectivity index (χ0v) is 6.97. The highest BCUT2D eigenvalue weighted by atomic mass is 16.4. The highest BCUT2D eigenvalue weighted by Gasteiger charge is 2.12. The Hall–Kier alpha value is -1.62. The molecule has 0 radical (unpaired) electrons. The predicted molar refractivity (Wildman–Crippen MR) is 47.8 cm³/mol. The number of rotatable bonds is 3. The molecule has 1 heterocycles. The Bertz CT molecular complexity index is 314. The van der Waals surface area contributed by atoms with E-state index in [1.165, 1.54) is 12.4 Å². The van der Waals surface area contributed by atoms with Gasteiger partial charge in [-0.05, 0) is 6.07 Å². The van der Waals surface area contributed by atoms with E-state index in [0.717, 1.165) is 0 Å². The van der Waals surface area contributed by atoms with E-state index < -0.39 is 12.0 Å². The van der Waals surface area contributed by atoms with Crippen LogP contribution in [0.1, 0.15) is 18.0 Å². The first kappa shape index (κ1) is 9.47. The number of hydrogen-bond acceptors (Lipinski definition) is 4. The first-order valence-electron chi connectivity index (χ1n) is 3.78. The lowest BCUT2D eigenvalue weighted by Crippen LogP contribution is -2.16. The van der Waals surface area contributed by atoms with Gasteiger partial charge >= 0.3 is 5.97 Å². The van der Waals surface area contributed by atoms with Gasteiger partial charge in [0.2, 0.25) is 0 Å². The molecule has 0 aromatic carbocycles. The molecule has 1 unspecified atom stereocenters. The molecule has 0 aliphatic carbocycles. The second-order valence-electron chi connectivity index (χ2n) is 2.71. The minimum absolute atomic E-state index is 0.143. The molecular weight excluding hydrogens is 170 g/mol. The number of carboxylic acid groups (broad SMARTS) is 1. The quantitative estimate of drug-likeness (QED) is 0.615. The molecule has 1 aromatic rings. The first-order chi connectivity index (χ1) is 6.11. The lowest BCUT2D eigenvalue weighted by atomic mass is 10.1. The van der Waals surface area contributed by atoms with Crippen LogP contribution in [0.25, 0.3) is 0 Å². The second kappa shape index (κ2) is 3.86. The van der Waals surface area contributed by atoms with Crippen LogP contribution >= 0.6 is 0 Å². The molecule has 0 spiro atoms. The van der Waals surface area contributed by atoms with Crippen molar-refractivity contribution in [1.82, 2.24) is 4.98 Å². The molecule has 1 atom stereocenters. The molecule has 0 fully saturated rings. The third kappa shape index (κ3) is 2.41. The van der Waals surface area contributed by atoms with Crippen LogP contribution in [0.2, 0.25) is 0 Å². The monoisotopic (exact) mass is 181 g/mol. The highest BCUT2D eigenvalue weighted by Crippen LogP contribution is 2.18. The summed E-state index contributed by atoms with van der Waals surface area (Å²) in [6, 6.07) is 1.00. The Morgan fingerprint density at radius 2 is 2.38 bits per heavy atom. The van der Waals surface area contributed by atoms with Crippen LogP contribution in [-0.4, -0.2) is 16.1 Å². The Labute approximate surface area is 75.4 Å². The van der Waals surface area contributed by atoms with Crippen LogP contribution in [0.4, 0.5) is 5.69 Å². The summed E-state index contributed by atoms with van der Waals surface area (Å²) in [4.78, 5) is 14.2. The Kier molecular flexibility index (Phi) is 2.81. The number of nitrogen functional groups attached to an aromatic ring is 1. The fraction of sp³-hybridized carbons (Fsp3) is 0.250. The van der Waals surface area contributed by atoms with Crippen LogP contribution in [0.3, 0.4) is 0 Å². The molecule has 70 valence electrons. The van der Waals surface area contributed by atoms with Gasteiger partial charge in [0.15, 0.2) is 0 Å². The maximum Gasteiger partial charge on any atom is 0.305 e. The zero-order valence-electron chi connectivity index (χ0n) is 6.97. The van der Waals surface area contributed by atoms with Gasteiger partial charge in [-0.3, -0.25) is 9.78 Å². The third-order valence-corrected chi connectivity index (χ3v) is 1.68. The van der Waals surface area contributed by atoms with Crippen molar-refractivity contribution in [3.63, 3.8) is 0 Å². The number of pyridine rings is 1. The first-order valence-corrected chi connectivity index (χ1v) is 3.78. The van der Waals surface area contributed by atoms with Crippen molar-refractivity contribution in [2.75, 3.05) is 5.73 Å².